The first kappa shape index (κ1) is 16.2. The second-order valence-corrected chi connectivity index (χ2v) is 5.78. The number of carbonyl (C=O) groups excluding carboxylic acids is 1. The molecule has 0 aliphatic heterocycles. The molecular weight excluding hydrogens is 256 g/mol. The number of rotatable bonds is 8. The van der Waals surface area contributed by atoms with Crippen LogP contribution in [0.25, 0.3) is 0 Å². The first-order chi connectivity index (χ1) is 9.08. The molecule has 0 amide bonds. The maximum atomic E-state index is 11.0. The molecule has 1 rings (SSSR count). The molecule has 0 bridgehead atoms. The summed E-state index contributed by atoms with van der Waals surface area (Å²) in [5.74, 6) is 1.40. The zero-order valence-electron chi connectivity index (χ0n) is 12.3. The van der Waals surface area contributed by atoms with Crippen LogP contribution < -0.4 is 0 Å². The lowest BCUT2D eigenvalue weighted by atomic mass is 9.88. The Morgan fingerprint density at radius 2 is 1.74 bits per heavy atom. The average molecular weight is 281 g/mol. The molecule has 0 spiro atoms. The second-order valence-electron chi connectivity index (χ2n) is 5.44. The molecule has 0 fully saturated rings. The van der Waals surface area contributed by atoms with Gasteiger partial charge in [0.15, 0.2) is 0 Å². The summed E-state index contributed by atoms with van der Waals surface area (Å²) in [5, 5.41) is -0.381. The maximum Gasteiger partial charge on any atom is 0.252 e. The number of hydrogen-bond acceptors (Lipinski definition) is 1. The molecule has 106 valence electrons. The van der Waals surface area contributed by atoms with Crippen LogP contribution in [0.1, 0.15) is 74.7 Å². The highest BCUT2D eigenvalue weighted by Crippen LogP contribution is 2.26. The molecule has 0 aliphatic carbocycles. The van der Waals surface area contributed by atoms with E-state index in [9.17, 15) is 4.79 Å². The molecule has 1 aromatic rings. The van der Waals surface area contributed by atoms with E-state index in [0.717, 1.165) is 5.92 Å². The zero-order valence-corrected chi connectivity index (χ0v) is 13.0. The van der Waals surface area contributed by atoms with Crippen LogP contribution in [0.15, 0.2) is 24.3 Å². The molecule has 0 saturated heterocycles. The number of benzene rings is 1. The van der Waals surface area contributed by atoms with Crippen molar-refractivity contribution in [2.24, 2.45) is 5.92 Å². The fraction of sp³-hybridized carbons (Fsp3) is 0.588. The van der Waals surface area contributed by atoms with Crippen LogP contribution in [-0.4, -0.2) is 5.24 Å². The second kappa shape index (κ2) is 8.37. The number of carbonyl (C=O) groups is 1. The topological polar surface area (TPSA) is 17.1 Å². The highest BCUT2D eigenvalue weighted by Gasteiger charge is 2.11. The Kier molecular flexibility index (Phi) is 7.15. The van der Waals surface area contributed by atoms with E-state index in [2.05, 4.69) is 20.8 Å². The molecular formula is C17H25ClO. The summed E-state index contributed by atoms with van der Waals surface area (Å²) in [5.41, 5.74) is 1.88. The quantitative estimate of drug-likeness (QED) is 0.552. The largest absolute Gasteiger partial charge is 0.276 e. The molecule has 1 nitrogen and oxygen atoms in total. The summed E-state index contributed by atoms with van der Waals surface area (Å²) < 4.78 is 0. The van der Waals surface area contributed by atoms with Gasteiger partial charge in [0.1, 0.15) is 0 Å². The molecule has 19 heavy (non-hydrogen) atoms. The molecule has 0 saturated carbocycles. The molecule has 0 aromatic heterocycles. The number of halogens is 1. The van der Waals surface area contributed by atoms with E-state index >= 15 is 0 Å². The van der Waals surface area contributed by atoms with Gasteiger partial charge in [-0.3, -0.25) is 4.79 Å². The predicted molar refractivity (Wildman–Crippen MR) is 83.0 cm³/mol. The smallest absolute Gasteiger partial charge is 0.252 e. The fourth-order valence-electron chi connectivity index (χ4n) is 2.56. The van der Waals surface area contributed by atoms with Crippen LogP contribution in [0.4, 0.5) is 0 Å². The fourth-order valence-corrected chi connectivity index (χ4v) is 2.68. The van der Waals surface area contributed by atoms with Crippen molar-refractivity contribution in [3.8, 4) is 0 Å². The molecule has 2 unspecified atom stereocenters. The van der Waals surface area contributed by atoms with Gasteiger partial charge in [0.25, 0.3) is 5.24 Å². The van der Waals surface area contributed by atoms with E-state index in [1.807, 2.05) is 24.3 Å². The van der Waals surface area contributed by atoms with E-state index in [0.29, 0.717) is 11.5 Å². The van der Waals surface area contributed by atoms with Gasteiger partial charge < -0.3 is 0 Å². The van der Waals surface area contributed by atoms with Gasteiger partial charge in [-0.25, -0.2) is 0 Å². The van der Waals surface area contributed by atoms with Crippen molar-refractivity contribution in [1.29, 1.82) is 0 Å². The van der Waals surface area contributed by atoms with Crippen molar-refractivity contribution in [2.75, 3.05) is 0 Å². The van der Waals surface area contributed by atoms with Gasteiger partial charge in [-0.1, -0.05) is 52.2 Å². The molecule has 0 heterocycles. The lowest BCUT2D eigenvalue weighted by Gasteiger charge is -2.17. The summed E-state index contributed by atoms with van der Waals surface area (Å²) >= 11 is 5.45. The molecule has 0 radical (unpaired) electrons. The Labute approximate surface area is 122 Å². The highest BCUT2D eigenvalue weighted by molar-refractivity contribution is 6.67. The van der Waals surface area contributed by atoms with Crippen molar-refractivity contribution >= 4 is 16.8 Å². The SMILES string of the molecule is CCCC(CC)CCC(C)c1ccc(C(=O)Cl)cc1. The summed E-state index contributed by atoms with van der Waals surface area (Å²) in [6, 6.07) is 7.71. The zero-order chi connectivity index (χ0) is 14.3. The van der Waals surface area contributed by atoms with Gasteiger partial charge in [0.2, 0.25) is 0 Å². The summed E-state index contributed by atoms with van der Waals surface area (Å²) in [4.78, 5) is 11.0. The monoisotopic (exact) mass is 280 g/mol. The van der Waals surface area contributed by atoms with Crippen LogP contribution in [0.2, 0.25) is 0 Å². The Bertz CT molecular complexity index is 383. The van der Waals surface area contributed by atoms with E-state index < -0.39 is 0 Å². The lowest BCUT2D eigenvalue weighted by Crippen LogP contribution is -2.02. The van der Waals surface area contributed by atoms with Gasteiger partial charge in [-0.15, -0.1) is 0 Å². The minimum absolute atomic E-state index is 0.381. The summed E-state index contributed by atoms with van der Waals surface area (Å²) in [6.45, 7) is 6.80. The Morgan fingerprint density at radius 3 is 2.21 bits per heavy atom. The van der Waals surface area contributed by atoms with E-state index in [-0.39, 0.29) is 5.24 Å². The van der Waals surface area contributed by atoms with Crippen LogP contribution >= 0.6 is 11.6 Å². The third-order valence-corrected chi connectivity index (χ3v) is 4.21. The molecule has 2 atom stereocenters. The third-order valence-electron chi connectivity index (χ3n) is 3.99. The van der Waals surface area contributed by atoms with Crippen molar-refractivity contribution in [1.82, 2.24) is 0 Å². The minimum Gasteiger partial charge on any atom is -0.276 e. The first-order valence-electron chi connectivity index (χ1n) is 7.38. The van der Waals surface area contributed by atoms with Crippen molar-refractivity contribution in [3.63, 3.8) is 0 Å². The van der Waals surface area contributed by atoms with E-state index in [1.165, 1.54) is 37.7 Å². The summed E-state index contributed by atoms with van der Waals surface area (Å²) in [7, 11) is 0. The van der Waals surface area contributed by atoms with Crippen molar-refractivity contribution in [2.45, 2.75) is 58.8 Å². The highest BCUT2D eigenvalue weighted by atomic mass is 35.5. The Morgan fingerprint density at radius 1 is 1.11 bits per heavy atom. The van der Waals surface area contributed by atoms with Gasteiger partial charge >= 0.3 is 0 Å². The molecule has 0 aliphatic rings. The molecule has 0 N–H and O–H groups in total. The number of hydrogen-bond donors (Lipinski definition) is 0. The standard InChI is InChI=1S/C17H25ClO/c1-4-6-14(5-2)8-7-13(3)15-9-11-16(12-10-15)17(18)19/h9-14H,4-8H2,1-3H3. The van der Waals surface area contributed by atoms with Gasteiger partial charge in [-0.2, -0.15) is 0 Å². The molecule has 1 aromatic carbocycles. The normalized spacial score (nSPS) is 14.1. The van der Waals surface area contributed by atoms with E-state index in [1.54, 1.807) is 0 Å². The first-order valence-corrected chi connectivity index (χ1v) is 7.76. The van der Waals surface area contributed by atoms with Gasteiger partial charge in [-0.05, 0) is 54.0 Å². The maximum absolute atomic E-state index is 11.0. The van der Waals surface area contributed by atoms with Crippen LogP contribution in [0, 0.1) is 5.92 Å². The minimum atomic E-state index is -0.381. The average Bonchev–Trinajstić information content (AvgIpc) is 2.43. The van der Waals surface area contributed by atoms with Crippen LogP contribution in [0.3, 0.4) is 0 Å². The molecule has 2 heteroatoms. The predicted octanol–water partition coefficient (Wildman–Crippen LogP) is 5.78. The Hall–Kier alpha value is -0.820. The van der Waals surface area contributed by atoms with Crippen LogP contribution in [-0.2, 0) is 0 Å². The van der Waals surface area contributed by atoms with Crippen molar-refractivity contribution in [3.05, 3.63) is 35.4 Å². The van der Waals surface area contributed by atoms with Gasteiger partial charge in [0.05, 0.1) is 0 Å². The summed E-state index contributed by atoms with van der Waals surface area (Å²) in [6.07, 6.45) is 6.40. The third kappa shape index (κ3) is 5.36. The Balaban J connectivity index is 2.53. The lowest BCUT2D eigenvalue weighted by molar-refractivity contribution is 0.108. The van der Waals surface area contributed by atoms with Crippen LogP contribution in [0.5, 0.6) is 0 Å². The van der Waals surface area contributed by atoms with Crippen molar-refractivity contribution < 1.29 is 4.79 Å². The van der Waals surface area contributed by atoms with Gasteiger partial charge in [0, 0.05) is 5.56 Å². The van der Waals surface area contributed by atoms with E-state index in [4.69, 9.17) is 11.6 Å².